The highest BCUT2D eigenvalue weighted by molar-refractivity contribution is 5.87. The highest BCUT2D eigenvalue weighted by atomic mass is 16.3. The summed E-state index contributed by atoms with van der Waals surface area (Å²) in [6, 6.07) is 0. The van der Waals surface area contributed by atoms with Crippen molar-refractivity contribution >= 4 is 5.78 Å². The van der Waals surface area contributed by atoms with Gasteiger partial charge in [-0.25, -0.2) is 0 Å². The lowest BCUT2D eigenvalue weighted by molar-refractivity contribution is -0.223. The van der Waals surface area contributed by atoms with Crippen LogP contribution in [-0.4, -0.2) is 29.6 Å². The molecule has 5 fully saturated rings. The first-order valence-electron chi connectivity index (χ1n) is 11.9. The van der Waals surface area contributed by atoms with Crippen molar-refractivity contribution in [2.45, 2.75) is 77.7 Å². The molecule has 3 heteroatoms. The molecule has 3 nitrogen and oxygen atoms in total. The molecule has 0 bridgehead atoms. The second-order valence-corrected chi connectivity index (χ2v) is 11.6. The molecule has 4 saturated carbocycles. The molecular weight excluding hydrogens is 346 g/mol. The van der Waals surface area contributed by atoms with Crippen LogP contribution in [0.3, 0.4) is 0 Å². The highest BCUT2D eigenvalue weighted by Gasteiger charge is 2.66. The van der Waals surface area contributed by atoms with Crippen LogP contribution in [0.25, 0.3) is 0 Å². The molecule has 8 atom stereocenters. The van der Waals surface area contributed by atoms with Gasteiger partial charge in [0.15, 0.2) is 0 Å². The number of carbonyl (C=O) groups is 1. The van der Waals surface area contributed by atoms with Crippen LogP contribution in [0.15, 0.2) is 12.2 Å². The molecule has 5 aliphatic rings. The zero-order valence-corrected chi connectivity index (χ0v) is 18.0. The summed E-state index contributed by atoms with van der Waals surface area (Å²) in [5, 5.41) is 15.4. The number of rotatable bonds is 2. The van der Waals surface area contributed by atoms with Crippen molar-refractivity contribution in [2.24, 2.45) is 46.3 Å². The van der Waals surface area contributed by atoms with E-state index >= 15 is 0 Å². The average molecular weight is 386 g/mol. The Hall–Kier alpha value is -0.670. The zero-order valence-electron chi connectivity index (χ0n) is 18.0. The van der Waals surface area contributed by atoms with Gasteiger partial charge in [0.2, 0.25) is 0 Å². The number of carbonyl (C=O) groups excluding carboxylic acids is 1. The third kappa shape index (κ3) is 2.57. The second kappa shape index (κ2) is 6.41. The van der Waals surface area contributed by atoms with Gasteiger partial charge in [-0.05, 0) is 80.0 Å². The van der Waals surface area contributed by atoms with E-state index in [2.05, 4.69) is 38.2 Å². The standard InChI is InChI=1S/C25H39NO2/c1-16-12-25(28)13-17(4-5-18-14-26-15-18)8-11-24(25,3)20-9-10-23(2)19(22(16)20)6-7-21(23)27/h4-5,16-20,22,26,28H,6-15H2,1-3H3/b5-4-/t16-,17-,19+,20+,22+,23+,24-,25-/m1/s1. The molecule has 0 aromatic carbocycles. The van der Waals surface area contributed by atoms with Crippen LogP contribution in [0.5, 0.6) is 0 Å². The summed E-state index contributed by atoms with van der Waals surface area (Å²) in [4.78, 5) is 12.7. The molecule has 156 valence electrons. The molecule has 0 amide bonds. The number of hydrogen-bond donors (Lipinski definition) is 2. The Balaban J connectivity index is 1.40. The van der Waals surface area contributed by atoms with Crippen LogP contribution in [0, 0.1) is 46.3 Å². The number of ketones is 1. The Labute approximate surface area is 170 Å². The van der Waals surface area contributed by atoms with Gasteiger partial charge in [0.25, 0.3) is 0 Å². The van der Waals surface area contributed by atoms with E-state index in [1.54, 1.807) is 0 Å². The van der Waals surface area contributed by atoms with Crippen molar-refractivity contribution < 1.29 is 9.90 Å². The number of hydrogen-bond acceptors (Lipinski definition) is 3. The molecule has 1 saturated heterocycles. The Morgan fingerprint density at radius 2 is 1.75 bits per heavy atom. The molecule has 0 aromatic heterocycles. The molecule has 0 radical (unpaired) electrons. The number of aliphatic hydroxyl groups is 1. The summed E-state index contributed by atoms with van der Waals surface area (Å²) in [6.07, 6.45) is 13.1. The summed E-state index contributed by atoms with van der Waals surface area (Å²) in [6.45, 7) is 9.28. The molecule has 0 spiro atoms. The average Bonchev–Trinajstić information content (AvgIpc) is 2.90. The lowest BCUT2D eigenvalue weighted by atomic mass is 9.41. The number of fused-ring (bicyclic) bond motifs is 5. The van der Waals surface area contributed by atoms with E-state index < -0.39 is 5.60 Å². The van der Waals surface area contributed by atoms with Crippen molar-refractivity contribution in [3.8, 4) is 0 Å². The summed E-state index contributed by atoms with van der Waals surface area (Å²) in [5.74, 6) is 4.05. The Morgan fingerprint density at radius 1 is 1.00 bits per heavy atom. The van der Waals surface area contributed by atoms with Crippen LogP contribution in [0.2, 0.25) is 0 Å². The Kier molecular flexibility index (Phi) is 4.42. The number of allylic oxidation sites excluding steroid dienone is 1. The maximum atomic E-state index is 12.7. The summed E-state index contributed by atoms with van der Waals surface area (Å²) < 4.78 is 0. The van der Waals surface area contributed by atoms with E-state index in [9.17, 15) is 9.90 Å². The highest BCUT2D eigenvalue weighted by Crippen LogP contribution is 2.68. The van der Waals surface area contributed by atoms with Gasteiger partial charge in [-0.1, -0.05) is 32.9 Å². The lowest BCUT2D eigenvalue weighted by Gasteiger charge is -2.65. The van der Waals surface area contributed by atoms with E-state index in [0.29, 0.717) is 41.3 Å². The molecule has 4 aliphatic carbocycles. The first kappa shape index (κ1) is 19.3. The smallest absolute Gasteiger partial charge is 0.139 e. The number of nitrogens with one attached hydrogen (secondary N) is 1. The number of Topliss-reactive ketones (excluding diaryl/α,β-unsaturated/α-hetero) is 1. The Bertz CT molecular complexity index is 684. The fraction of sp³-hybridized carbons (Fsp3) is 0.880. The molecule has 1 heterocycles. The van der Waals surface area contributed by atoms with Gasteiger partial charge in [0.05, 0.1) is 5.60 Å². The topological polar surface area (TPSA) is 49.3 Å². The maximum absolute atomic E-state index is 12.7. The zero-order chi connectivity index (χ0) is 19.7. The minimum absolute atomic E-state index is 0.0273. The van der Waals surface area contributed by atoms with E-state index in [-0.39, 0.29) is 10.8 Å². The van der Waals surface area contributed by atoms with Crippen LogP contribution >= 0.6 is 0 Å². The SMILES string of the molecule is C[C@@H]1C[C@@]2(O)C[C@H](/C=C\C3CNC3)CC[C@]2(C)[C@H]2CC[C@]3(C)C(=O)CC[C@H]3[C@H]12. The largest absolute Gasteiger partial charge is 0.389 e. The van der Waals surface area contributed by atoms with Gasteiger partial charge in [-0.15, -0.1) is 0 Å². The van der Waals surface area contributed by atoms with E-state index in [4.69, 9.17) is 0 Å². The van der Waals surface area contributed by atoms with Crippen molar-refractivity contribution in [3.63, 3.8) is 0 Å². The predicted molar refractivity (Wildman–Crippen MR) is 112 cm³/mol. The molecule has 0 unspecified atom stereocenters. The fourth-order valence-corrected chi connectivity index (χ4v) is 8.43. The first-order chi connectivity index (χ1) is 13.3. The first-order valence-corrected chi connectivity index (χ1v) is 11.9. The van der Waals surface area contributed by atoms with Crippen molar-refractivity contribution in [1.82, 2.24) is 5.32 Å². The molecule has 5 rings (SSSR count). The quantitative estimate of drug-likeness (QED) is 0.695. The van der Waals surface area contributed by atoms with Gasteiger partial charge in [-0.3, -0.25) is 4.79 Å². The Morgan fingerprint density at radius 3 is 2.46 bits per heavy atom. The van der Waals surface area contributed by atoms with E-state index in [1.807, 2.05) is 0 Å². The van der Waals surface area contributed by atoms with Gasteiger partial charge in [-0.2, -0.15) is 0 Å². The van der Waals surface area contributed by atoms with Gasteiger partial charge in [0, 0.05) is 30.8 Å². The lowest BCUT2D eigenvalue weighted by Crippen LogP contribution is -2.64. The summed E-state index contributed by atoms with van der Waals surface area (Å²) in [5.41, 5.74) is -0.577. The van der Waals surface area contributed by atoms with Crippen LogP contribution < -0.4 is 5.32 Å². The van der Waals surface area contributed by atoms with Gasteiger partial charge in [0.1, 0.15) is 5.78 Å². The van der Waals surface area contributed by atoms with Gasteiger partial charge < -0.3 is 10.4 Å². The summed E-state index contributed by atoms with van der Waals surface area (Å²) >= 11 is 0. The maximum Gasteiger partial charge on any atom is 0.139 e. The minimum atomic E-state index is -0.533. The summed E-state index contributed by atoms with van der Waals surface area (Å²) in [7, 11) is 0. The fourth-order valence-electron chi connectivity index (χ4n) is 8.43. The van der Waals surface area contributed by atoms with Crippen LogP contribution in [0.1, 0.15) is 72.1 Å². The van der Waals surface area contributed by atoms with Gasteiger partial charge >= 0.3 is 0 Å². The molecule has 0 aromatic rings. The molecule has 28 heavy (non-hydrogen) atoms. The van der Waals surface area contributed by atoms with Crippen molar-refractivity contribution in [1.29, 1.82) is 0 Å². The third-order valence-electron chi connectivity index (χ3n) is 10.3. The molecular formula is C25H39NO2. The van der Waals surface area contributed by atoms with E-state index in [1.165, 1.54) is 6.42 Å². The predicted octanol–water partition coefficient (Wildman–Crippen LogP) is 4.35. The van der Waals surface area contributed by atoms with Crippen LogP contribution in [0.4, 0.5) is 0 Å². The van der Waals surface area contributed by atoms with Crippen molar-refractivity contribution in [3.05, 3.63) is 12.2 Å². The monoisotopic (exact) mass is 385 g/mol. The second-order valence-electron chi connectivity index (χ2n) is 11.6. The van der Waals surface area contributed by atoms with E-state index in [0.717, 1.165) is 58.0 Å². The van der Waals surface area contributed by atoms with Crippen LogP contribution in [-0.2, 0) is 4.79 Å². The minimum Gasteiger partial charge on any atom is -0.389 e. The molecule has 1 aliphatic heterocycles. The normalized spacial score (nSPS) is 54.1. The van der Waals surface area contributed by atoms with Crippen molar-refractivity contribution in [2.75, 3.05) is 13.1 Å². The third-order valence-corrected chi connectivity index (χ3v) is 10.3. The molecule has 2 N–H and O–H groups in total.